The lowest BCUT2D eigenvalue weighted by atomic mass is 9.98. The highest BCUT2D eigenvalue weighted by atomic mass is 16.4. The number of allylic oxidation sites excluding steroid dienone is 1. The Labute approximate surface area is 125 Å². The quantitative estimate of drug-likeness (QED) is 0.315. The van der Waals surface area contributed by atoms with Crippen molar-refractivity contribution >= 4 is 5.97 Å². The Morgan fingerprint density at radius 2 is 1.15 bits per heavy atom. The van der Waals surface area contributed by atoms with Crippen molar-refractivity contribution in [2.75, 3.05) is 0 Å². The minimum absolute atomic E-state index is 0.335. The van der Waals surface area contributed by atoms with Crippen LogP contribution < -0.4 is 0 Å². The van der Waals surface area contributed by atoms with Gasteiger partial charge in [0, 0.05) is 6.42 Å². The van der Waals surface area contributed by atoms with Crippen LogP contribution in [0.1, 0.15) is 90.9 Å². The fourth-order valence-electron chi connectivity index (χ4n) is 2.33. The van der Waals surface area contributed by atoms with Crippen LogP contribution in [0, 0.1) is 5.92 Å². The summed E-state index contributed by atoms with van der Waals surface area (Å²) in [6.07, 6.45) is 13.9. The summed E-state index contributed by atoms with van der Waals surface area (Å²) < 4.78 is 0. The molecular weight excluding hydrogens is 248 g/mol. The van der Waals surface area contributed by atoms with Crippen LogP contribution in [-0.2, 0) is 4.79 Å². The van der Waals surface area contributed by atoms with Gasteiger partial charge in [-0.25, -0.2) is 0 Å². The number of aliphatic carboxylic acids is 1. The molecule has 2 heteroatoms. The van der Waals surface area contributed by atoms with E-state index in [1.807, 2.05) is 0 Å². The Morgan fingerprint density at radius 1 is 0.800 bits per heavy atom. The normalized spacial score (nSPS) is 10.9. The second-order valence-electron chi connectivity index (χ2n) is 6.24. The van der Waals surface area contributed by atoms with Crippen LogP contribution in [-0.4, -0.2) is 11.1 Å². The molecule has 0 spiro atoms. The van der Waals surface area contributed by atoms with Crippen LogP contribution in [0.2, 0.25) is 0 Å². The third-order valence-corrected chi connectivity index (χ3v) is 3.96. The number of carbonyl (C=O) groups is 1. The Balaban J connectivity index is 3.10. The van der Waals surface area contributed by atoms with Gasteiger partial charge in [-0.15, -0.1) is 0 Å². The maximum absolute atomic E-state index is 10.3. The molecule has 0 saturated carbocycles. The topological polar surface area (TPSA) is 37.3 Å². The van der Waals surface area contributed by atoms with E-state index in [1.54, 1.807) is 0 Å². The molecule has 0 amide bonds. The highest BCUT2D eigenvalue weighted by Crippen LogP contribution is 2.17. The molecule has 0 aliphatic carbocycles. The van der Waals surface area contributed by atoms with E-state index in [0.717, 1.165) is 12.8 Å². The van der Waals surface area contributed by atoms with Gasteiger partial charge < -0.3 is 5.11 Å². The molecule has 0 fully saturated rings. The molecule has 118 valence electrons. The van der Waals surface area contributed by atoms with E-state index < -0.39 is 5.97 Å². The van der Waals surface area contributed by atoms with E-state index in [2.05, 4.69) is 20.4 Å². The molecule has 2 nitrogen and oxygen atoms in total. The molecule has 0 aliphatic rings. The first-order valence-corrected chi connectivity index (χ1v) is 8.43. The Morgan fingerprint density at radius 3 is 1.50 bits per heavy atom. The van der Waals surface area contributed by atoms with Crippen LogP contribution in [0.25, 0.3) is 0 Å². The molecule has 0 radical (unpaired) electrons. The van der Waals surface area contributed by atoms with Gasteiger partial charge in [0.2, 0.25) is 0 Å². The number of hydrogen-bond donors (Lipinski definition) is 1. The zero-order valence-electron chi connectivity index (χ0n) is 13.6. The van der Waals surface area contributed by atoms with Gasteiger partial charge in [0.05, 0.1) is 0 Å². The van der Waals surface area contributed by atoms with E-state index in [-0.39, 0.29) is 0 Å². The Kier molecular flexibility index (Phi) is 12.7. The van der Waals surface area contributed by atoms with Crippen molar-refractivity contribution in [3.63, 3.8) is 0 Å². The second kappa shape index (κ2) is 13.2. The minimum atomic E-state index is -0.662. The third-order valence-electron chi connectivity index (χ3n) is 3.96. The molecule has 0 unspecified atom stereocenters. The number of rotatable bonds is 14. The lowest BCUT2D eigenvalue weighted by Crippen LogP contribution is -1.93. The van der Waals surface area contributed by atoms with Gasteiger partial charge in [-0.3, -0.25) is 4.79 Å². The summed E-state index contributed by atoms with van der Waals surface area (Å²) in [6, 6.07) is 0. The van der Waals surface area contributed by atoms with Crippen LogP contribution in [0.4, 0.5) is 0 Å². The average molecular weight is 282 g/mol. The second-order valence-corrected chi connectivity index (χ2v) is 6.24. The minimum Gasteiger partial charge on any atom is -0.481 e. The van der Waals surface area contributed by atoms with Gasteiger partial charge >= 0.3 is 5.97 Å². The SMILES string of the molecule is C=C(CCCCCCCCCCCCC(=O)O)C(C)C. The summed E-state index contributed by atoms with van der Waals surface area (Å²) in [6.45, 7) is 8.55. The van der Waals surface area contributed by atoms with Gasteiger partial charge in [-0.05, 0) is 25.2 Å². The summed E-state index contributed by atoms with van der Waals surface area (Å²) in [5, 5.41) is 8.52. The number of unbranched alkanes of at least 4 members (excludes halogenated alkanes) is 9. The molecule has 0 saturated heterocycles. The highest BCUT2D eigenvalue weighted by molar-refractivity contribution is 5.66. The van der Waals surface area contributed by atoms with E-state index in [1.165, 1.54) is 63.4 Å². The van der Waals surface area contributed by atoms with Crippen LogP contribution in [0.15, 0.2) is 12.2 Å². The smallest absolute Gasteiger partial charge is 0.303 e. The average Bonchev–Trinajstić information content (AvgIpc) is 2.39. The first-order valence-electron chi connectivity index (χ1n) is 8.43. The predicted octanol–water partition coefficient (Wildman–Crippen LogP) is 5.96. The first kappa shape index (κ1) is 19.2. The fourth-order valence-corrected chi connectivity index (χ4v) is 2.33. The van der Waals surface area contributed by atoms with Gasteiger partial charge in [-0.2, -0.15) is 0 Å². The Bertz CT molecular complexity index is 256. The van der Waals surface area contributed by atoms with Crippen molar-refractivity contribution in [3.8, 4) is 0 Å². The van der Waals surface area contributed by atoms with Gasteiger partial charge in [0.15, 0.2) is 0 Å². The molecule has 20 heavy (non-hydrogen) atoms. The number of hydrogen-bond acceptors (Lipinski definition) is 1. The molecule has 0 atom stereocenters. The maximum Gasteiger partial charge on any atom is 0.303 e. The summed E-state index contributed by atoms with van der Waals surface area (Å²) in [5.41, 5.74) is 1.39. The molecule has 0 aromatic rings. The van der Waals surface area contributed by atoms with Crippen molar-refractivity contribution < 1.29 is 9.90 Å². The van der Waals surface area contributed by atoms with E-state index in [9.17, 15) is 4.79 Å². The predicted molar refractivity (Wildman–Crippen MR) is 87.0 cm³/mol. The van der Waals surface area contributed by atoms with Crippen LogP contribution >= 0.6 is 0 Å². The lowest BCUT2D eigenvalue weighted by Gasteiger charge is -2.08. The molecule has 0 bridgehead atoms. The largest absolute Gasteiger partial charge is 0.481 e. The highest BCUT2D eigenvalue weighted by Gasteiger charge is 2.00. The van der Waals surface area contributed by atoms with E-state index in [4.69, 9.17) is 5.11 Å². The van der Waals surface area contributed by atoms with Gasteiger partial charge in [0.1, 0.15) is 0 Å². The van der Waals surface area contributed by atoms with Crippen molar-refractivity contribution in [1.82, 2.24) is 0 Å². The molecule has 0 aromatic carbocycles. The first-order chi connectivity index (χ1) is 9.54. The van der Waals surface area contributed by atoms with E-state index >= 15 is 0 Å². The monoisotopic (exact) mass is 282 g/mol. The molecule has 0 aliphatic heterocycles. The van der Waals surface area contributed by atoms with Gasteiger partial charge in [-0.1, -0.05) is 77.4 Å². The summed E-state index contributed by atoms with van der Waals surface area (Å²) in [7, 11) is 0. The molecule has 0 aromatic heterocycles. The van der Waals surface area contributed by atoms with Gasteiger partial charge in [0.25, 0.3) is 0 Å². The van der Waals surface area contributed by atoms with E-state index in [0.29, 0.717) is 12.3 Å². The molecule has 0 rings (SSSR count). The summed E-state index contributed by atoms with van der Waals surface area (Å²) >= 11 is 0. The number of carboxylic acids is 1. The van der Waals surface area contributed by atoms with Crippen molar-refractivity contribution in [2.24, 2.45) is 5.92 Å². The molecular formula is C18H34O2. The number of carboxylic acid groups (broad SMARTS) is 1. The standard InChI is InChI=1S/C18H34O2/c1-16(2)17(3)14-12-10-8-6-4-5-7-9-11-13-15-18(19)20/h16H,3-15H2,1-2H3,(H,19,20). The summed E-state index contributed by atoms with van der Waals surface area (Å²) in [5.74, 6) is -0.0266. The molecule has 1 N–H and O–H groups in total. The van der Waals surface area contributed by atoms with Crippen LogP contribution in [0.3, 0.4) is 0 Å². The lowest BCUT2D eigenvalue weighted by molar-refractivity contribution is -0.137. The van der Waals surface area contributed by atoms with Crippen molar-refractivity contribution in [2.45, 2.75) is 90.9 Å². The fraction of sp³-hybridized carbons (Fsp3) is 0.833. The zero-order valence-corrected chi connectivity index (χ0v) is 13.6. The van der Waals surface area contributed by atoms with Crippen molar-refractivity contribution in [3.05, 3.63) is 12.2 Å². The maximum atomic E-state index is 10.3. The zero-order chi connectivity index (χ0) is 15.2. The molecule has 0 heterocycles. The third kappa shape index (κ3) is 13.6. The Hall–Kier alpha value is -0.790. The van der Waals surface area contributed by atoms with Crippen LogP contribution in [0.5, 0.6) is 0 Å². The van der Waals surface area contributed by atoms with Crippen molar-refractivity contribution in [1.29, 1.82) is 0 Å². The summed E-state index contributed by atoms with van der Waals surface area (Å²) in [4.78, 5) is 10.3.